The third-order valence-electron chi connectivity index (χ3n) is 3.85. The normalized spacial score (nSPS) is 13.2. The van der Waals surface area contributed by atoms with Crippen LogP contribution in [0.2, 0.25) is 0 Å². The zero-order valence-corrected chi connectivity index (χ0v) is 15.9. The number of hydrogen-bond donors (Lipinski definition) is 1. The largest absolute Gasteiger partial charge is 0.465 e. The number of hydrogen-bond acceptors (Lipinski definition) is 6. The van der Waals surface area contributed by atoms with Gasteiger partial charge in [-0.1, -0.05) is 13.8 Å². The van der Waals surface area contributed by atoms with E-state index in [0.717, 1.165) is 18.6 Å². The molecule has 2 aromatic heterocycles. The lowest BCUT2D eigenvalue weighted by atomic mass is 9.88. The Hall–Kier alpha value is -2.14. The number of methoxy groups -OCH3 is 1. The quantitative estimate of drug-likeness (QED) is 0.544. The number of esters is 1. The number of aromatic nitrogens is 2. The fourth-order valence-electron chi connectivity index (χ4n) is 2.80. The zero-order chi connectivity index (χ0) is 21.2. The summed E-state index contributed by atoms with van der Waals surface area (Å²) >= 11 is 0.744. The molecule has 2 rings (SSSR count). The van der Waals surface area contributed by atoms with Crippen molar-refractivity contribution in [2.24, 2.45) is 5.92 Å². The van der Waals surface area contributed by atoms with E-state index in [4.69, 9.17) is 0 Å². The Morgan fingerprint density at radius 2 is 1.96 bits per heavy atom. The molecule has 0 saturated heterocycles. The van der Waals surface area contributed by atoms with Crippen LogP contribution in [-0.4, -0.2) is 27.5 Å². The number of carbonyl (C=O) groups is 1. The van der Waals surface area contributed by atoms with Crippen LogP contribution in [0.25, 0.3) is 0 Å². The summed E-state index contributed by atoms with van der Waals surface area (Å²) in [4.78, 5) is 15.3. The van der Waals surface area contributed by atoms with E-state index in [1.807, 2.05) is 0 Å². The number of pyridine rings is 1. The van der Waals surface area contributed by atoms with Crippen LogP contribution >= 0.6 is 11.5 Å². The minimum Gasteiger partial charge on any atom is -0.465 e. The van der Waals surface area contributed by atoms with Gasteiger partial charge < -0.3 is 9.84 Å². The number of halogens is 5. The Morgan fingerprint density at radius 1 is 1.32 bits per heavy atom. The number of rotatable bonds is 6. The predicted molar refractivity (Wildman–Crippen MR) is 90.3 cm³/mol. The molecule has 0 aliphatic rings. The second-order valence-corrected chi connectivity index (χ2v) is 7.18. The summed E-state index contributed by atoms with van der Waals surface area (Å²) in [6.45, 7) is 3.28. The van der Waals surface area contributed by atoms with E-state index in [-0.39, 0.29) is 22.8 Å². The molecule has 1 unspecified atom stereocenters. The fourth-order valence-corrected chi connectivity index (χ4v) is 3.38. The molecule has 0 radical (unpaired) electrons. The summed E-state index contributed by atoms with van der Waals surface area (Å²) < 4.78 is 76.3. The summed E-state index contributed by atoms with van der Waals surface area (Å²) in [5.74, 6) is -1.56. The Morgan fingerprint density at radius 3 is 2.39 bits per heavy atom. The third kappa shape index (κ3) is 4.46. The van der Waals surface area contributed by atoms with Crippen LogP contribution in [0.1, 0.15) is 64.1 Å². The standard InChI is InChI=1S/C17H17F5N2O3S/c1-7(2)6-8-10(16(26)27-3)12(15(18)19)24-14(17(20,21)22)11(8)13(25)9-4-5-23-28-9/h4-5,7,13,15,25H,6H2,1-3H3. The first-order valence-electron chi connectivity index (χ1n) is 8.07. The molecule has 5 nitrogen and oxygen atoms in total. The summed E-state index contributed by atoms with van der Waals surface area (Å²) in [6.07, 6.45) is -9.33. The van der Waals surface area contributed by atoms with Gasteiger partial charge in [-0.05, 0) is 35.5 Å². The van der Waals surface area contributed by atoms with E-state index in [9.17, 15) is 31.9 Å². The molecule has 0 fully saturated rings. The Bertz CT molecular complexity index is 838. The molecule has 1 N–H and O–H groups in total. The van der Waals surface area contributed by atoms with Crippen molar-refractivity contribution in [1.29, 1.82) is 0 Å². The Balaban J connectivity index is 2.97. The van der Waals surface area contributed by atoms with E-state index in [1.54, 1.807) is 13.8 Å². The highest BCUT2D eigenvalue weighted by Crippen LogP contribution is 2.42. The minimum atomic E-state index is -5.13. The average Bonchev–Trinajstić information content (AvgIpc) is 3.12. The summed E-state index contributed by atoms with van der Waals surface area (Å²) in [5.41, 5.74) is -4.84. The SMILES string of the molecule is COC(=O)c1c(C(F)F)nc(C(F)(F)F)c(C(O)c2ccns2)c1CC(C)C. The molecule has 0 spiro atoms. The summed E-state index contributed by atoms with van der Waals surface area (Å²) in [6, 6.07) is 1.30. The third-order valence-corrected chi connectivity index (χ3v) is 4.65. The van der Waals surface area contributed by atoms with Crippen molar-refractivity contribution in [3.05, 3.63) is 45.2 Å². The first-order chi connectivity index (χ1) is 13.0. The van der Waals surface area contributed by atoms with Crippen molar-refractivity contribution in [3.63, 3.8) is 0 Å². The van der Waals surface area contributed by atoms with Gasteiger partial charge in [0.2, 0.25) is 0 Å². The minimum absolute atomic E-state index is 0.0536. The lowest BCUT2D eigenvalue weighted by Gasteiger charge is -2.24. The Kier molecular flexibility index (Phi) is 6.71. The van der Waals surface area contributed by atoms with Crippen LogP contribution in [0.5, 0.6) is 0 Å². The molecule has 11 heteroatoms. The van der Waals surface area contributed by atoms with Crippen molar-refractivity contribution in [2.45, 2.75) is 39.0 Å². The van der Waals surface area contributed by atoms with E-state index < -0.39 is 47.2 Å². The molecular weight excluding hydrogens is 407 g/mol. The zero-order valence-electron chi connectivity index (χ0n) is 15.1. The first kappa shape index (κ1) is 22.2. The van der Waals surface area contributed by atoms with Crippen molar-refractivity contribution < 1.29 is 36.6 Å². The monoisotopic (exact) mass is 424 g/mol. The summed E-state index contributed by atoms with van der Waals surface area (Å²) in [7, 11) is 0.924. The average molecular weight is 424 g/mol. The van der Waals surface area contributed by atoms with Crippen LogP contribution in [0.3, 0.4) is 0 Å². The van der Waals surface area contributed by atoms with E-state index in [2.05, 4.69) is 14.1 Å². The second-order valence-electron chi connectivity index (χ2n) is 6.32. The lowest BCUT2D eigenvalue weighted by molar-refractivity contribution is -0.143. The number of carbonyl (C=O) groups excluding carboxylic acids is 1. The van der Waals surface area contributed by atoms with E-state index >= 15 is 0 Å². The number of nitrogens with zero attached hydrogens (tertiary/aromatic N) is 2. The smallest absolute Gasteiger partial charge is 0.433 e. The van der Waals surface area contributed by atoms with Crippen LogP contribution in [0, 0.1) is 5.92 Å². The molecule has 1 atom stereocenters. The van der Waals surface area contributed by atoms with Crippen LogP contribution in [0.4, 0.5) is 22.0 Å². The maximum absolute atomic E-state index is 13.7. The second kappa shape index (κ2) is 8.48. The van der Waals surface area contributed by atoms with Crippen molar-refractivity contribution in [2.75, 3.05) is 7.11 Å². The van der Waals surface area contributed by atoms with Gasteiger partial charge in [0.25, 0.3) is 6.43 Å². The van der Waals surface area contributed by atoms with Gasteiger partial charge in [-0.2, -0.15) is 13.2 Å². The Labute approximate surface area is 161 Å². The number of aliphatic hydroxyl groups is 1. The molecule has 2 heterocycles. The van der Waals surface area contributed by atoms with Crippen LogP contribution < -0.4 is 0 Å². The number of ether oxygens (including phenoxy) is 1. The maximum Gasteiger partial charge on any atom is 0.433 e. The van der Waals surface area contributed by atoms with Gasteiger partial charge in [0.15, 0.2) is 5.69 Å². The van der Waals surface area contributed by atoms with E-state index in [1.165, 1.54) is 12.3 Å². The molecule has 0 aliphatic carbocycles. The molecule has 0 bridgehead atoms. The van der Waals surface area contributed by atoms with Gasteiger partial charge in [-0.3, -0.25) is 0 Å². The molecular formula is C17H17F5N2O3S. The summed E-state index contributed by atoms with van der Waals surface area (Å²) in [5, 5.41) is 10.6. The molecule has 2 aromatic rings. The molecule has 154 valence electrons. The van der Waals surface area contributed by atoms with Gasteiger partial charge >= 0.3 is 12.1 Å². The van der Waals surface area contributed by atoms with Crippen molar-refractivity contribution in [3.8, 4) is 0 Å². The fraction of sp³-hybridized carbons (Fsp3) is 0.471. The predicted octanol–water partition coefficient (Wildman–Crippen LogP) is 4.56. The molecule has 0 amide bonds. The highest BCUT2D eigenvalue weighted by atomic mass is 32.1. The molecule has 0 aliphatic heterocycles. The van der Waals surface area contributed by atoms with Crippen LogP contribution in [-0.2, 0) is 17.3 Å². The van der Waals surface area contributed by atoms with Gasteiger partial charge in [-0.25, -0.2) is 22.9 Å². The van der Waals surface area contributed by atoms with Gasteiger partial charge in [0.05, 0.1) is 17.6 Å². The highest BCUT2D eigenvalue weighted by Gasteiger charge is 2.42. The molecule has 0 saturated carbocycles. The maximum atomic E-state index is 13.7. The highest BCUT2D eigenvalue weighted by molar-refractivity contribution is 7.05. The number of alkyl halides is 5. The lowest BCUT2D eigenvalue weighted by Crippen LogP contribution is -2.24. The first-order valence-corrected chi connectivity index (χ1v) is 8.85. The topological polar surface area (TPSA) is 72.3 Å². The van der Waals surface area contributed by atoms with Gasteiger partial charge in [-0.15, -0.1) is 0 Å². The van der Waals surface area contributed by atoms with Crippen molar-refractivity contribution in [1.82, 2.24) is 9.36 Å². The van der Waals surface area contributed by atoms with Crippen LogP contribution in [0.15, 0.2) is 12.3 Å². The molecule has 0 aromatic carbocycles. The number of aliphatic hydroxyl groups excluding tert-OH is 1. The van der Waals surface area contributed by atoms with Gasteiger partial charge in [0.1, 0.15) is 11.8 Å². The molecule has 28 heavy (non-hydrogen) atoms. The van der Waals surface area contributed by atoms with E-state index in [0.29, 0.717) is 0 Å². The van der Waals surface area contributed by atoms with Crippen molar-refractivity contribution >= 4 is 17.5 Å². The van der Waals surface area contributed by atoms with Gasteiger partial charge in [0, 0.05) is 11.8 Å².